The van der Waals surface area contributed by atoms with Crippen molar-refractivity contribution in [3.8, 4) is 0 Å². The quantitative estimate of drug-likeness (QED) is 0.389. The third-order valence-electron chi connectivity index (χ3n) is 6.78. The number of nitrogen functional groups attached to an aromatic ring is 1. The minimum absolute atomic E-state index is 0.0353. The number of nitrogens with zero attached hydrogens (tertiary/aromatic N) is 2. The van der Waals surface area contributed by atoms with Crippen LogP contribution >= 0.6 is 0 Å². The lowest BCUT2D eigenvalue weighted by Crippen LogP contribution is -2.47. The number of carbonyl (C=O) groups excluding carboxylic acids is 2. The molecule has 4 N–H and O–H groups in total. The van der Waals surface area contributed by atoms with Crippen LogP contribution in [0.5, 0.6) is 0 Å². The van der Waals surface area contributed by atoms with Gasteiger partial charge in [0, 0.05) is 12.2 Å². The number of nitrogens with one attached hydrogen (secondary N) is 2. The van der Waals surface area contributed by atoms with E-state index in [1.807, 2.05) is 0 Å². The molecule has 3 aromatic rings. The van der Waals surface area contributed by atoms with Crippen molar-refractivity contribution in [3.05, 3.63) is 101 Å². The highest BCUT2D eigenvalue weighted by Crippen LogP contribution is 2.40. The molecule has 40 heavy (non-hydrogen) atoms. The number of alkyl halides is 3. The fourth-order valence-corrected chi connectivity index (χ4v) is 5.50. The van der Waals surface area contributed by atoms with Crippen molar-refractivity contribution in [1.82, 2.24) is 14.9 Å². The van der Waals surface area contributed by atoms with Gasteiger partial charge in [-0.2, -0.15) is 13.2 Å². The van der Waals surface area contributed by atoms with Gasteiger partial charge in [0.1, 0.15) is 0 Å². The van der Waals surface area contributed by atoms with E-state index in [9.17, 15) is 31.2 Å². The number of hydrogen-bond acceptors (Lipinski definition) is 5. The second-order valence-corrected chi connectivity index (χ2v) is 11.2. The Hall–Kier alpha value is -4.36. The zero-order valence-electron chi connectivity index (χ0n) is 21.1. The Kier molecular flexibility index (Phi) is 6.80. The average Bonchev–Trinajstić information content (AvgIpc) is 3.23. The molecule has 0 radical (unpaired) electrons. The van der Waals surface area contributed by atoms with E-state index in [0.29, 0.717) is 16.8 Å². The molecule has 0 saturated carbocycles. The fourth-order valence-electron chi connectivity index (χ4n) is 4.77. The Morgan fingerprint density at radius 1 is 1.02 bits per heavy atom. The van der Waals surface area contributed by atoms with Crippen molar-refractivity contribution in [2.75, 3.05) is 24.2 Å². The molecular formula is C27H24F3N5O4S. The summed E-state index contributed by atoms with van der Waals surface area (Å²) in [5.41, 5.74) is 6.99. The zero-order chi connectivity index (χ0) is 28.8. The predicted molar refractivity (Wildman–Crippen MR) is 141 cm³/mol. The largest absolute Gasteiger partial charge is 0.416 e. The van der Waals surface area contributed by atoms with Crippen LogP contribution in [-0.2, 0) is 27.5 Å². The Balaban J connectivity index is 1.53. The summed E-state index contributed by atoms with van der Waals surface area (Å²) >= 11 is 0. The van der Waals surface area contributed by atoms with Crippen molar-refractivity contribution in [1.29, 1.82) is 0 Å². The van der Waals surface area contributed by atoms with Gasteiger partial charge in [0.2, 0.25) is 10.0 Å². The number of urea groups is 1. The van der Waals surface area contributed by atoms with E-state index in [-0.39, 0.29) is 34.9 Å². The van der Waals surface area contributed by atoms with Crippen LogP contribution in [0, 0.1) is 0 Å². The molecule has 2 aliphatic heterocycles. The van der Waals surface area contributed by atoms with Crippen molar-refractivity contribution in [2.24, 2.45) is 0 Å². The molecule has 9 nitrogen and oxygen atoms in total. The van der Waals surface area contributed by atoms with Gasteiger partial charge in [0.05, 0.1) is 40.0 Å². The highest BCUT2D eigenvalue weighted by molar-refractivity contribution is 7.89. The van der Waals surface area contributed by atoms with Crippen molar-refractivity contribution in [3.63, 3.8) is 0 Å². The molecule has 3 amide bonds. The summed E-state index contributed by atoms with van der Waals surface area (Å²) in [6.45, 7) is 0.0185. The number of carbonyl (C=O) groups is 2. The van der Waals surface area contributed by atoms with Crippen LogP contribution in [0.25, 0.3) is 0 Å². The van der Waals surface area contributed by atoms with E-state index in [2.05, 4.69) is 10.0 Å². The lowest BCUT2D eigenvalue weighted by molar-refractivity contribution is -0.137. The number of amides is 3. The lowest BCUT2D eigenvalue weighted by Gasteiger charge is -2.34. The molecule has 13 heteroatoms. The zero-order valence-corrected chi connectivity index (χ0v) is 21.9. The Morgan fingerprint density at radius 2 is 1.70 bits per heavy atom. The van der Waals surface area contributed by atoms with Crippen LogP contribution in [-0.4, -0.2) is 38.8 Å². The summed E-state index contributed by atoms with van der Waals surface area (Å²) in [5.74, 6) is -0.416. The maximum absolute atomic E-state index is 13.8. The van der Waals surface area contributed by atoms with Gasteiger partial charge in [-0.1, -0.05) is 30.3 Å². The van der Waals surface area contributed by atoms with Crippen LogP contribution in [0.15, 0.2) is 89.0 Å². The van der Waals surface area contributed by atoms with E-state index in [1.54, 1.807) is 36.4 Å². The van der Waals surface area contributed by atoms with Crippen LogP contribution in [0.1, 0.15) is 22.7 Å². The minimum atomic E-state index is -4.63. The SMILES string of the molecule is CNS(=O)(=O)c1ccc(CN2CC3=C(C2=O)C(c2ccc(N)cc2)NC(=O)N3c2cccc(C(F)(F)F)c2)cc1. The molecule has 208 valence electrons. The van der Waals surface area contributed by atoms with Crippen molar-refractivity contribution in [2.45, 2.75) is 23.7 Å². The Labute approximate surface area is 228 Å². The highest BCUT2D eigenvalue weighted by Gasteiger charge is 2.45. The van der Waals surface area contributed by atoms with Gasteiger partial charge in [-0.25, -0.2) is 17.9 Å². The third kappa shape index (κ3) is 5.00. The van der Waals surface area contributed by atoms with Gasteiger partial charge in [-0.3, -0.25) is 9.69 Å². The molecule has 5 rings (SSSR count). The highest BCUT2D eigenvalue weighted by atomic mass is 32.2. The molecule has 1 unspecified atom stereocenters. The normalized spacial score (nSPS) is 17.8. The number of benzene rings is 3. The average molecular weight is 572 g/mol. The lowest BCUT2D eigenvalue weighted by atomic mass is 9.95. The van der Waals surface area contributed by atoms with Gasteiger partial charge < -0.3 is 16.0 Å². The molecular weight excluding hydrogens is 547 g/mol. The maximum atomic E-state index is 13.8. The topological polar surface area (TPSA) is 125 Å². The van der Waals surface area contributed by atoms with Crippen LogP contribution in [0.4, 0.5) is 29.3 Å². The third-order valence-corrected chi connectivity index (χ3v) is 8.21. The first kappa shape index (κ1) is 27.2. The molecule has 0 spiro atoms. The molecule has 2 aliphatic rings. The first-order valence-electron chi connectivity index (χ1n) is 12.1. The first-order chi connectivity index (χ1) is 18.9. The number of nitrogens with two attached hydrogens (primary N) is 1. The molecule has 0 aromatic heterocycles. The molecule has 0 saturated heterocycles. The first-order valence-corrected chi connectivity index (χ1v) is 13.6. The number of sulfonamides is 1. The van der Waals surface area contributed by atoms with E-state index < -0.39 is 39.7 Å². The number of halogens is 3. The molecule has 1 atom stereocenters. The minimum Gasteiger partial charge on any atom is -0.399 e. The van der Waals surface area contributed by atoms with Gasteiger partial charge in [0.15, 0.2) is 0 Å². The molecule has 0 aliphatic carbocycles. The second-order valence-electron chi connectivity index (χ2n) is 9.31. The number of anilines is 2. The standard InChI is InChI=1S/C27H24F3N5O4S/c1-32-40(38,39)21-11-5-16(6-12-21)14-34-15-22-23(25(34)36)24(17-7-9-19(31)10-8-17)33-26(37)35(22)20-4-2-3-18(13-20)27(28,29)30/h2-13,24,32H,14-15,31H2,1H3,(H,33,37). The van der Waals surface area contributed by atoms with Crippen LogP contribution in [0.3, 0.4) is 0 Å². The van der Waals surface area contributed by atoms with Crippen LogP contribution in [0.2, 0.25) is 0 Å². The molecule has 0 bridgehead atoms. The van der Waals surface area contributed by atoms with Gasteiger partial charge in [0.25, 0.3) is 5.91 Å². The number of rotatable bonds is 6. The Bertz CT molecular complexity index is 1620. The monoisotopic (exact) mass is 571 g/mol. The number of hydrogen-bond donors (Lipinski definition) is 3. The van der Waals surface area contributed by atoms with E-state index in [1.165, 1.54) is 36.2 Å². The summed E-state index contributed by atoms with van der Waals surface area (Å²) < 4.78 is 66.7. The van der Waals surface area contributed by atoms with E-state index >= 15 is 0 Å². The van der Waals surface area contributed by atoms with Crippen molar-refractivity contribution >= 4 is 33.3 Å². The predicted octanol–water partition coefficient (Wildman–Crippen LogP) is 3.76. The summed E-state index contributed by atoms with van der Waals surface area (Å²) in [6, 6.07) is 15.3. The smallest absolute Gasteiger partial charge is 0.399 e. The van der Waals surface area contributed by atoms with Gasteiger partial charge >= 0.3 is 12.2 Å². The summed E-state index contributed by atoms with van der Waals surface area (Å²) in [7, 11) is -2.35. The van der Waals surface area contributed by atoms with E-state index in [0.717, 1.165) is 17.0 Å². The second kappa shape index (κ2) is 9.99. The summed E-state index contributed by atoms with van der Waals surface area (Å²) in [5, 5.41) is 2.76. The molecule has 3 aromatic carbocycles. The summed E-state index contributed by atoms with van der Waals surface area (Å²) in [4.78, 5) is 29.7. The summed E-state index contributed by atoms with van der Waals surface area (Å²) in [6.07, 6.45) is -4.63. The van der Waals surface area contributed by atoms with Gasteiger partial charge in [-0.05, 0) is 60.6 Å². The fraction of sp³-hybridized carbons (Fsp3) is 0.185. The van der Waals surface area contributed by atoms with Gasteiger partial charge in [-0.15, -0.1) is 0 Å². The Morgan fingerprint density at radius 3 is 2.33 bits per heavy atom. The molecule has 2 heterocycles. The maximum Gasteiger partial charge on any atom is 0.416 e. The molecule has 0 fully saturated rings. The van der Waals surface area contributed by atoms with Crippen LogP contribution < -0.4 is 20.7 Å². The van der Waals surface area contributed by atoms with Crippen molar-refractivity contribution < 1.29 is 31.2 Å². The van der Waals surface area contributed by atoms with E-state index in [4.69, 9.17) is 5.73 Å².